The van der Waals surface area contributed by atoms with Crippen LogP contribution in [0.5, 0.6) is 0 Å². The fraction of sp³-hybridized carbons (Fsp3) is 0.0909. The lowest BCUT2D eigenvalue weighted by atomic mass is 10.2. The maximum Gasteiger partial charge on any atom is 0.272 e. The lowest BCUT2D eigenvalue weighted by Gasteiger charge is -2.05. The van der Waals surface area contributed by atoms with Crippen LogP contribution in [0.1, 0.15) is 10.4 Å². The second kappa shape index (κ2) is 4.76. The van der Waals surface area contributed by atoms with E-state index < -0.39 is 5.91 Å². The average molecular weight is 246 g/mol. The van der Waals surface area contributed by atoms with E-state index in [1.54, 1.807) is 7.05 Å². The number of aromatic nitrogens is 2. The number of amides is 1. The number of aryl methyl sites for hydroxylation is 1. The molecule has 1 amide bonds. The number of benzene rings is 1. The van der Waals surface area contributed by atoms with Crippen molar-refractivity contribution in [3.63, 3.8) is 0 Å². The number of para-hydroxylation sites is 1. The zero-order valence-corrected chi connectivity index (χ0v) is 9.84. The minimum Gasteiger partial charge on any atom is -0.383 e. The minimum absolute atomic E-state index is 0.226. The van der Waals surface area contributed by atoms with Gasteiger partial charge in [-0.05, 0) is 12.1 Å². The van der Waals surface area contributed by atoms with E-state index in [9.17, 15) is 4.79 Å². The van der Waals surface area contributed by atoms with Gasteiger partial charge >= 0.3 is 0 Å². The maximum atomic E-state index is 11.6. The first kappa shape index (κ1) is 11.9. The Kier molecular flexibility index (Phi) is 3.16. The number of carbonyl (C=O) groups is 1. The molecule has 2 aromatic rings. The quantitative estimate of drug-likeness (QED) is 0.355. The molecule has 18 heavy (non-hydrogen) atoms. The van der Waals surface area contributed by atoms with E-state index in [1.807, 2.05) is 35.8 Å². The van der Waals surface area contributed by atoms with Crippen LogP contribution in [0.4, 0.5) is 17.3 Å². The summed E-state index contributed by atoms with van der Waals surface area (Å²) in [6, 6.07) is 9.35. The van der Waals surface area contributed by atoms with Gasteiger partial charge in [0, 0.05) is 12.7 Å². The SMILES string of the molecule is Cn1nc(Nc2ccccc2)c(C(=O)NN)c1N. The van der Waals surface area contributed by atoms with Crippen LogP contribution >= 0.6 is 0 Å². The summed E-state index contributed by atoms with van der Waals surface area (Å²) in [5.74, 6) is 5.25. The third-order valence-corrected chi connectivity index (χ3v) is 2.49. The molecule has 0 aliphatic rings. The molecule has 1 aromatic heterocycles. The molecule has 7 nitrogen and oxygen atoms in total. The molecule has 0 spiro atoms. The van der Waals surface area contributed by atoms with Gasteiger partial charge in [0.05, 0.1) is 0 Å². The lowest BCUT2D eigenvalue weighted by Crippen LogP contribution is -2.30. The normalized spacial score (nSPS) is 10.1. The molecular weight excluding hydrogens is 232 g/mol. The molecule has 2 rings (SSSR count). The summed E-state index contributed by atoms with van der Waals surface area (Å²) >= 11 is 0. The van der Waals surface area contributed by atoms with Gasteiger partial charge in [-0.25, -0.2) is 5.84 Å². The molecule has 0 atom stereocenters. The minimum atomic E-state index is -0.487. The first-order valence-corrected chi connectivity index (χ1v) is 5.29. The number of nitrogen functional groups attached to an aromatic ring is 2. The molecule has 0 aliphatic heterocycles. The molecular formula is C11H14N6O. The topological polar surface area (TPSA) is 111 Å². The summed E-state index contributed by atoms with van der Waals surface area (Å²) in [5.41, 5.74) is 8.86. The second-order valence-corrected chi connectivity index (χ2v) is 3.70. The van der Waals surface area contributed by atoms with Gasteiger partial charge < -0.3 is 11.1 Å². The Labute approximate surface area is 104 Å². The van der Waals surface area contributed by atoms with Crippen molar-refractivity contribution in [1.29, 1.82) is 0 Å². The number of nitrogens with two attached hydrogens (primary N) is 2. The fourth-order valence-electron chi connectivity index (χ4n) is 1.58. The van der Waals surface area contributed by atoms with E-state index in [0.717, 1.165) is 5.69 Å². The van der Waals surface area contributed by atoms with Crippen LogP contribution in [-0.4, -0.2) is 15.7 Å². The largest absolute Gasteiger partial charge is 0.383 e. The monoisotopic (exact) mass is 246 g/mol. The van der Waals surface area contributed by atoms with Gasteiger partial charge in [0.1, 0.15) is 11.4 Å². The molecule has 0 saturated carbocycles. The number of nitrogens with one attached hydrogen (secondary N) is 2. The summed E-state index contributed by atoms with van der Waals surface area (Å²) < 4.78 is 1.41. The third-order valence-electron chi connectivity index (χ3n) is 2.49. The molecule has 0 saturated heterocycles. The Morgan fingerprint density at radius 1 is 1.33 bits per heavy atom. The van der Waals surface area contributed by atoms with Crippen LogP contribution < -0.4 is 22.3 Å². The highest BCUT2D eigenvalue weighted by Crippen LogP contribution is 2.23. The van der Waals surface area contributed by atoms with Crippen molar-refractivity contribution in [1.82, 2.24) is 15.2 Å². The van der Waals surface area contributed by atoms with Gasteiger partial charge in [0.15, 0.2) is 5.82 Å². The molecule has 0 unspecified atom stereocenters. The van der Waals surface area contributed by atoms with Crippen molar-refractivity contribution < 1.29 is 4.79 Å². The van der Waals surface area contributed by atoms with E-state index in [0.29, 0.717) is 5.82 Å². The zero-order chi connectivity index (χ0) is 13.1. The predicted molar refractivity (Wildman–Crippen MR) is 69.0 cm³/mol. The zero-order valence-electron chi connectivity index (χ0n) is 9.84. The Hall–Kier alpha value is -2.54. The maximum absolute atomic E-state index is 11.6. The average Bonchev–Trinajstić information content (AvgIpc) is 2.65. The molecule has 0 fully saturated rings. The Bertz CT molecular complexity index is 562. The van der Waals surface area contributed by atoms with Crippen LogP contribution in [0, 0.1) is 0 Å². The number of rotatable bonds is 3. The van der Waals surface area contributed by atoms with Gasteiger partial charge in [-0.3, -0.25) is 14.9 Å². The second-order valence-electron chi connectivity index (χ2n) is 3.70. The van der Waals surface area contributed by atoms with Crippen LogP contribution in [0.15, 0.2) is 30.3 Å². The molecule has 1 heterocycles. The Morgan fingerprint density at radius 3 is 2.61 bits per heavy atom. The van der Waals surface area contributed by atoms with Crippen LogP contribution in [0.3, 0.4) is 0 Å². The van der Waals surface area contributed by atoms with Crippen molar-refractivity contribution in [2.45, 2.75) is 0 Å². The molecule has 0 bridgehead atoms. The highest BCUT2D eigenvalue weighted by molar-refractivity contribution is 6.03. The lowest BCUT2D eigenvalue weighted by molar-refractivity contribution is 0.0955. The Balaban J connectivity index is 2.39. The highest BCUT2D eigenvalue weighted by Gasteiger charge is 2.20. The number of anilines is 3. The van der Waals surface area contributed by atoms with Crippen molar-refractivity contribution >= 4 is 23.2 Å². The number of hydrogen-bond acceptors (Lipinski definition) is 5. The summed E-state index contributed by atoms with van der Waals surface area (Å²) in [4.78, 5) is 11.6. The number of hydrogen-bond donors (Lipinski definition) is 4. The van der Waals surface area contributed by atoms with Crippen molar-refractivity contribution in [2.24, 2.45) is 12.9 Å². The summed E-state index contributed by atoms with van der Waals surface area (Å²) in [6.07, 6.45) is 0. The summed E-state index contributed by atoms with van der Waals surface area (Å²) in [6.45, 7) is 0. The summed E-state index contributed by atoms with van der Waals surface area (Å²) in [5, 5.41) is 7.16. The van der Waals surface area contributed by atoms with Crippen molar-refractivity contribution in [2.75, 3.05) is 11.1 Å². The van der Waals surface area contributed by atoms with E-state index in [-0.39, 0.29) is 11.4 Å². The number of hydrazine groups is 1. The predicted octanol–water partition coefficient (Wildman–Crippen LogP) is 0.349. The molecule has 6 N–H and O–H groups in total. The molecule has 0 radical (unpaired) electrons. The molecule has 1 aromatic carbocycles. The molecule has 94 valence electrons. The van der Waals surface area contributed by atoms with E-state index in [1.165, 1.54) is 4.68 Å². The Morgan fingerprint density at radius 2 is 2.00 bits per heavy atom. The smallest absolute Gasteiger partial charge is 0.272 e. The van der Waals surface area contributed by atoms with Gasteiger partial charge in [-0.2, -0.15) is 5.10 Å². The first-order chi connectivity index (χ1) is 8.63. The third kappa shape index (κ3) is 2.11. The highest BCUT2D eigenvalue weighted by atomic mass is 16.2. The molecule has 0 aliphatic carbocycles. The van der Waals surface area contributed by atoms with E-state index in [2.05, 4.69) is 10.4 Å². The standard InChI is InChI=1S/C11H14N6O/c1-17-9(12)8(11(18)15-13)10(16-17)14-7-5-3-2-4-6-7/h2-6H,12-13H2,1H3,(H,14,16)(H,15,18). The number of nitrogens with zero attached hydrogens (tertiary/aromatic N) is 2. The van der Waals surface area contributed by atoms with Crippen molar-refractivity contribution in [3.05, 3.63) is 35.9 Å². The summed E-state index contributed by atoms with van der Waals surface area (Å²) in [7, 11) is 1.65. The van der Waals surface area contributed by atoms with Gasteiger partial charge in [-0.1, -0.05) is 18.2 Å². The van der Waals surface area contributed by atoms with E-state index >= 15 is 0 Å². The first-order valence-electron chi connectivity index (χ1n) is 5.29. The van der Waals surface area contributed by atoms with Gasteiger partial charge in [-0.15, -0.1) is 0 Å². The van der Waals surface area contributed by atoms with Crippen molar-refractivity contribution in [3.8, 4) is 0 Å². The molecule has 7 heteroatoms. The van der Waals surface area contributed by atoms with Gasteiger partial charge in [0.2, 0.25) is 0 Å². The van der Waals surface area contributed by atoms with Crippen LogP contribution in [-0.2, 0) is 7.05 Å². The van der Waals surface area contributed by atoms with Crippen LogP contribution in [0.2, 0.25) is 0 Å². The fourth-order valence-corrected chi connectivity index (χ4v) is 1.58. The number of carbonyl (C=O) groups excluding carboxylic acids is 1. The van der Waals surface area contributed by atoms with Gasteiger partial charge in [0.25, 0.3) is 5.91 Å². The van der Waals surface area contributed by atoms with E-state index in [4.69, 9.17) is 11.6 Å². The van der Waals surface area contributed by atoms with Crippen LogP contribution in [0.25, 0.3) is 0 Å².